The first-order chi connectivity index (χ1) is 10.2. The van der Waals surface area contributed by atoms with Crippen LogP contribution in [0, 0.1) is 0 Å². The van der Waals surface area contributed by atoms with Crippen molar-refractivity contribution >= 4 is 17.5 Å². The van der Waals surface area contributed by atoms with Crippen LogP contribution in [0.3, 0.4) is 0 Å². The average Bonchev–Trinajstić information content (AvgIpc) is 2.53. The van der Waals surface area contributed by atoms with Gasteiger partial charge in [-0.25, -0.2) is 4.98 Å². The van der Waals surface area contributed by atoms with E-state index in [-0.39, 0.29) is 18.1 Å². The predicted molar refractivity (Wildman–Crippen MR) is 81.7 cm³/mol. The third kappa shape index (κ3) is 3.06. The maximum atomic E-state index is 12.9. The summed E-state index contributed by atoms with van der Waals surface area (Å²) in [6, 6.07) is 3.76. The van der Waals surface area contributed by atoms with E-state index in [0.717, 1.165) is 25.0 Å². The Morgan fingerprint density at radius 2 is 2.24 bits per heavy atom. The Morgan fingerprint density at radius 1 is 1.43 bits per heavy atom. The van der Waals surface area contributed by atoms with Crippen molar-refractivity contribution in [3.05, 3.63) is 28.5 Å². The molecule has 114 valence electrons. The number of fused-ring (bicyclic) bond motifs is 1. The van der Waals surface area contributed by atoms with Gasteiger partial charge in [-0.05, 0) is 31.4 Å². The fraction of sp³-hybridized carbons (Fsp3) is 0.625. The van der Waals surface area contributed by atoms with Crippen molar-refractivity contribution in [3.8, 4) is 0 Å². The Labute approximate surface area is 130 Å². The van der Waals surface area contributed by atoms with Gasteiger partial charge in [0, 0.05) is 17.8 Å². The lowest BCUT2D eigenvalue weighted by Crippen LogP contribution is -2.54. The second-order valence-corrected chi connectivity index (χ2v) is 6.17. The lowest BCUT2D eigenvalue weighted by molar-refractivity contribution is -0.0752. The van der Waals surface area contributed by atoms with E-state index < -0.39 is 0 Å². The molecule has 1 saturated heterocycles. The molecule has 4 nitrogen and oxygen atoms in total. The van der Waals surface area contributed by atoms with Crippen LogP contribution in [-0.4, -0.2) is 41.1 Å². The number of nitrogens with zero attached hydrogens (tertiary/aromatic N) is 2. The zero-order valence-electron chi connectivity index (χ0n) is 12.3. The normalized spacial score (nSPS) is 25.5. The molecular formula is C16H21ClN2O2. The van der Waals surface area contributed by atoms with E-state index in [1.54, 1.807) is 6.07 Å². The van der Waals surface area contributed by atoms with E-state index in [0.29, 0.717) is 23.9 Å². The predicted octanol–water partition coefficient (Wildman–Crippen LogP) is 3.08. The monoisotopic (exact) mass is 308 g/mol. The summed E-state index contributed by atoms with van der Waals surface area (Å²) in [4.78, 5) is 19.1. The molecule has 0 bridgehead atoms. The average molecular weight is 309 g/mol. The van der Waals surface area contributed by atoms with E-state index in [1.807, 2.05) is 17.9 Å². The molecule has 5 heteroatoms. The number of amides is 1. The van der Waals surface area contributed by atoms with E-state index >= 15 is 0 Å². The molecule has 0 spiro atoms. The maximum absolute atomic E-state index is 12.9. The van der Waals surface area contributed by atoms with Crippen LogP contribution in [0.1, 0.15) is 48.7 Å². The minimum absolute atomic E-state index is 0.0641. The fourth-order valence-corrected chi connectivity index (χ4v) is 3.60. The number of hydrogen-bond donors (Lipinski definition) is 0. The number of ether oxygens (including phenoxy) is 1. The van der Waals surface area contributed by atoms with Crippen molar-refractivity contribution < 1.29 is 9.53 Å². The highest BCUT2D eigenvalue weighted by Gasteiger charge is 2.37. The molecular weight excluding hydrogens is 288 g/mol. The van der Waals surface area contributed by atoms with Gasteiger partial charge in [0.15, 0.2) is 0 Å². The van der Waals surface area contributed by atoms with Gasteiger partial charge in [0.2, 0.25) is 0 Å². The smallest absolute Gasteiger partial charge is 0.254 e. The quantitative estimate of drug-likeness (QED) is 0.789. The lowest BCUT2D eigenvalue weighted by Gasteiger charge is -2.43. The van der Waals surface area contributed by atoms with Gasteiger partial charge in [0.05, 0.1) is 18.8 Å². The Kier molecular flexibility index (Phi) is 4.45. The van der Waals surface area contributed by atoms with Crippen LogP contribution in [0.15, 0.2) is 12.1 Å². The topological polar surface area (TPSA) is 42.4 Å². The SMILES string of the molecule is CCc1cc(C(=O)N2CCOC3CCCCC32)cc(Cl)n1. The fourth-order valence-electron chi connectivity index (χ4n) is 3.37. The first kappa shape index (κ1) is 14.8. The number of rotatable bonds is 2. The number of morpholine rings is 1. The van der Waals surface area contributed by atoms with Gasteiger partial charge in [-0.1, -0.05) is 31.4 Å². The van der Waals surface area contributed by atoms with Gasteiger partial charge in [-0.15, -0.1) is 0 Å². The summed E-state index contributed by atoms with van der Waals surface area (Å²) in [6.07, 6.45) is 5.45. The summed E-state index contributed by atoms with van der Waals surface area (Å²) in [5, 5.41) is 0.395. The molecule has 2 heterocycles. The van der Waals surface area contributed by atoms with Crippen LogP contribution >= 0.6 is 11.6 Å². The Morgan fingerprint density at radius 3 is 3.05 bits per heavy atom. The largest absolute Gasteiger partial charge is 0.374 e. The van der Waals surface area contributed by atoms with Crippen molar-refractivity contribution in [3.63, 3.8) is 0 Å². The van der Waals surface area contributed by atoms with Gasteiger partial charge in [0.1, 0.15) is 5.15 Å². The molecule has 1 amide bonds. The van der Waals surface area contributed by atoms with Crippen molar-refractivity contribution in [2.24, 2.45) is 0 Å². The zero-order valence-corrected chi connectivity index (χ0v) is 13.1. The molecule has 1 aromatic heterocycles. The number of carbonyl (C=O) groups is 1. The van der Waals surface area contributed by atoms with Gasteiger partial charge in [-0.2, -0.15) is 0 Å². The van der Waals surface area contributed by atoms with Gasteiger partial charge in [-0.3, -0.25) is 4.79 Å². The highest BCUT2D eigenvalue weighted by Crippen LogP contribution is 2.29. The third-order valence-corrected chi connectivity index (χ3v) is 4.64. The Balaban J connectivity index is 1.85. The number of pyridine rings is 1. The first-order valence-electron chi connectivity index (χ1n) is 7.78. The van der Waals surface area contributed by atoms with Crippen LogP contribution < -0.4 is 0 Å². The Hall–Kier alpha value is -1.13. The summed E-state index contributed by atoms with van der Waals surface area (Å²) in [7, 11) is 0. The molecule has 2 aliphatic rings. The van der Waals surface area contributed by atoms with Crippen LogP contribution in [-0.2, 0) is 11.2 Å². The van der Waals surface area contributed by atoms with Crippen molar-refractivity contribution in [2.45, 2.75) is 51.2 Å². The van der Waals surface area contributed by atoms with Crippen LogP contribution in [0.25, 0.3) is 0 Å². The highest BCUT2D eigenvalue weighted by atomic mass is 35.5. The van der Waals surface area contributed by atoms with Crippen molar-refractivity contribution in [1.29, 1.82) is 0 Å². The summed E-state index contributed by atoms with van der Waals surface area (Å²) >= 11 is 6.04. The molecule has 1 aromatic rings. The molecule has 0 aromatic carbocycles. The molecule has 1 saturated carbocycles. The molecule has 3 rings (SSSR count). The summed E-state index contributed by atoms with van der Waals surface area (Å²) < 4.78 is 5.83. The molecule has 21 heavy (non-hydrogen) atoms. The van der Waals surface area contributed by atoms with Gasteiger partial charge >= 0.3 is 0 Å². The highest BCUT2D eigenvalue weighted by molar-refractivity contribution is 6.29. The molecule has 0 N–H and O–H groups in total. The van der Waals surface area contributed by atoms with E-state index in [9.17, 15) is 4.79 Å². The minimum Gasteiger partial charge on any atom is -0.374 e. The molecule has 2 fully saturated rings. The number of aryl methyl sites for hydroxylation is 1. The van der Waals surface area contributed by atoms with Crippen LogP contribution in [0.5, 0.6) is 0 Å². The van der Waals surface area contributed by atoms with E-state index in [2.05, 4.69) is 4.98 Å². The molecule has 1 aliphatic carbocycles. The number of halogens is 1. The second-order valence-electron chi connectivity index (χ2n) is 5.78. The molecule has 1 aliphatic heterocycles. The van der Waals surface area contributed by atoms with Crippen molar-refractivity contribution in [1.82, 2.24) is 9.88 Å². The molecule has 2 unspecified atom stereocenters. The van der Waals surface area contributed by atoms with Crippen LogP contribution in [0.4, 0.5) is 0 Å². The molecule has 2 atom stereocenters. The summed E-state index contributed by atoms with van der Waals surface area (Å²) in [6.45, 7) is 3.31. The van der Waals surface area contributed by atoms with Gasteiger partial charge < -0.3 is 9.64 Å². The zero-order chi connectivity index (χ0) is 14.8. The Bertz CT molecular complexity index is 533. The second kappa shape index (κ2) is 6.32. The van der Waals surface area contributed by atoms with E-state index in [4.69, 9.17) is 16.3 Å². The lowest BCUT2D eigenvalue weighted by atomic mass is 9.89. The number of carbonyl (C=O) groups excluding carboxylic acids is 1. The maximum Gasteiger partial charge on any atom is 0.254 e. The summed E-state index contributed by atoms with van der Waals surface area (Å²) in [5.41, 5.74) is 1.51. The standard InChI is InChI=1S/C16H21ClN2O2/c1-2-12-9-11(10-15(17)18-12)16(20)19-7-8-21-14-6-4-3-5-13(14)19/h9-10,13-14H,2-8H2,1H3. The van der Waals surface area contributed by atoms with Gasteiger partial charge in [0.25, 0.3) is 5.91 Å². The molecule has 0 radical (unpaired) electrons. The number of hydrogen-bond acceptors (Lipinski definition) is 3. The summed E-state index contributed by atoms with van der Waals surface area (Å²) in [5.74, 6) is 0.0641. The van der Waals surface area contributed by atoms with Crippen LogP contribution in [0.2, 0.25) is 5.15 Å². The minimum atomic E-state index is 0.0641. The van der Waals surface area contributed by atoms with Crippen molar-refractivity contribution in [2.75, 3.05) is 13.2 Å². The third-order valence-electron chi connectivity index (χ3n) is 4.45. The number of aromatic nitrogens is 1. The van der Waals surface area contributed by atoms with E-state index in [1.165, 1.54) is 12.8 Å². The first-order valence-corrected chi connectivity index (χ1v) is 8.16.